The molecule has 2 aromatic rings. The summed E-state index contributed by atoms with van der Waals surface area (Å²) in [5.41, 5.74) is 2.68. The molecule has 3 nitrogen and oxygen atoms in total. The Labute approximate surface area is 131 Å². The van der Waals surface area contributed by atoms with Gasteiger partial charge in [0, 0.05) is 6.04 Å². The van der Waals surface area contributed by atoms with Crippen LogP contribution in [-0.4, -0.2) is 23.3 Å². The molecule has 0 bridgehead atoms. The zero-order valence-electron chi connectivity index (χ0n) is 11.8. The van der Waals surface area contributed by atoms with Crippen LogP contribution in [0.1, 0.15) is 17.2 Å². The van der Waals surface area contributed by atoms with E-state index in [-0.39, 0.29) is 0 Å². The fraction of sp³-hybridized carbons (Fsp3) is 0.235. The Bertz CT molecular complexity index is 575. The Balaban J connectivity index is 1.83. The highest BCUT2D eigenvalue weighted by Gasteiger charge is 2.23. The summed E-state index contributed by atoms with van der Waals surface area (Å²) in [6, 6.07) is 21.6. The Morgan fingerprint density at radius 2 is 1.48 bits per heavy atom. The molecule has 0 radical (unpaired) electrons. The standard InChI is InChI=1S/C17H19N3S/c21-17-18-12-20(13-19-17)16(15-9-5-2-6-10-15)11-14-7-3-1-4-8-14/h1-10,16H,11-13H2,(H2,18,19,21). The first-order chi connectivity index (χ1) is 10.3. The van der Waals surface area contributed by atoms with E-state index in [2.05, 4.69) is 76.2 Å². The van der Waals surface area contributed by atoms with Gasteiger partial charge in [0.15, 0.2) is 5.11 Å². The predicted molar refractivity (Wildman–Crippen MR) is 89.8 cm³/mol. The second-order valence-corrected chi connectivity index (χ2v) is 5.61. The fourth-order valence-corrected chi connectivity index (χ4v) is 2.78. The van der Waals surface area contributed by atoms with Crippen molar-refractivity contribution >= 4 is 17.3 Å². The molecule has 0 spiro atoms. The van der Waals surface area contributed by atoms with Gasteiger partial charge in [-0.3, -0.25) is 4.90 Å². The number of rotatable bonds is 4. The highest BCUT2D eigenvalue weighted by atomic mass is 32.1. The maximum atomic E-state index is 5.14. The third kappa shape index (κ3) is 3.60. The van der Waals surface area contributed by atoms with E-state index in [1.54, 1.807) is 0 Å². The Morgan fingerprint density at radius 1 is 0.905 bits per heavy atom. The maximum Gasteiger partial charge on any atom is 0.168 e. The van der Waals surface area contributed by atoms with Crippen LogP contribution in [0.15, 0.2) is 60.7 Å². The van der Waals surface area contributed by atoms with E-state index in [1.165, 1.54) is 11.1 Å². The van der Waals surface area contributed by atoms with E-state index in [0.29, 0.717) is 6.04 Å². The molecule has 4 heteroatoms. The van der Waals surface area contributed by atoms with Crippen LogP contribution in [0.4, 0.5) is 0 Å². The third-order valence-corrected chi connectivity index (χ3v) is 4.07. The molecule has 21 heavy (non-hydrogen) atoms. The van der Waals surface area contributed by atoms with Gasteiger partial charge < -0.3 is 10.6 Å². The average molecular weight is 297 g/mol. The number of nitrogens with zero attached hydrogens (tertiary/aromatic N) is 1. The number of nitrogens with one attached hydrogen (secondary N) is 2. The van der Waals surface area contributed by atoms with Gasteiger partial charge >= 0.3 is 0 Å². The lowest BCUT2D eigenvalue weighted by Crippen LogP contribution is -2.55. The van der Waals surface area contributed by atoms with E-state index in [0.717, 1.165) is 24.9 Å². The monoisotopic (exact) mass is 297 g/mol. The fourth-order valence-electron chi connectivity index (χ4n) is 2.66. The van der Waals surface area contributed by atoms with Crippen molar-refractivity contribution in [2.75, 3.05) is 13.3 Å². The average Bonchev–Trinajstić information content (AvgIpc) is 2.55. The molecular formula is C17H19N3S. The second kappa shape index (κ2) is 6.70. The Kier molecular flexibility index (Phi) is 4.48. The molecule has 2 N–H and O–H groups in total. The molecule has 1 heterocycles. The lowest BCUT2D eigenvalue weighted by atomic mass is 9.97. The molecule has 0 aromatic heterocycles. The van der Waals surface area contributed by atoms with E-state index >= 15 is 0 Å². The van der Waals surface area contributed by atoms with Gasteiger partial charge in [0.2, 0.25) is 0 Å². The van der Waals surface area contributed by atoms with Crippen molar-refractivity contribution in [1.82, 2.24) is 15.5 Å². The molecule has 0 aliphatic carbocycles. The van der Waals surface area contributed by atoms with Crippen molar-refractivity contribution in [1.29, 1.82) is 0 Å². The summed E-state index contributed by atoms with van der Waals surface area (Å²) >= 11 is 5.14. The summed E-state index contributed by atoms with van der Waals surface area (Å²) in [5.74, 6) is 0. The molecule has 108 valence electrons. The van der Waals surface area contributed by atoms with Crippen LogP contribution in [0, 0.1) is 0 Å². The van der Waals surface area contributed by atoms with E-state index in [4.69, 9.17) is 12.2 Å². The molecule has 1 aliphatic rings. The van der Waals surface area contributed by atoms with Gasteiger partial charge in [0.25, 0.3) is 0 Å². The van der Waals surface area contributed by atoms with E-state index in [9.17, 15) is 0 Å². The molecule has 0 amide bonds. The second-order valence-electron chi connectivity index (χ2n) is 5.20. The topological polar surface area (TPSA) is 27.3 Å². The summed E-state index contributed by atoms with van der Waals surface area (Å²) < 4.78 is 0. The molecule has 1 aliphatic heterocycles. The van der Waals surface area contributed by atoms with Crippen LogP contribution in [0.2, 0.25) is 0 Å². The number of hydrogen-bond donors (Lipinski definition) is 2. The number of hydrogen-bond acceptors (Lipinski definition) is 2. The quantitative estimate of drug-likeness (QED) is 0.849. The predicted octanol–water partition coefficient (Wildman–Crippen LogP) is 2.67. The number of thiocarbonyl (C=S) groups is 1. The third-order valence-electron chi connectivity index (χ3n) is 3.78. The highest BCUT2D eigenvalue weighted by molar-refractivity contribution is 7.80. The summed E-state index contributed by atoms with van der Waals surface area (Å²) in [7, 11) is 0. The summed E-state index contributed by atoms with van der Waals surface area (Å²) in [4.78, 5) is 2.37. The zero-order chi connectivity index (χ0) is 14.5. The van der Waals surface area contributed by atoms with Crippen LogP contribution in [0.25, 0.3) is 0 Å². The van der Waals surface area contributed by atoms with Crippen molar-refractivity contribution in [2.45, 2.75) is 12.5 Å². The molecule has 1 unspecified atom stereocenters. The Hall–Kier alpha value is -1.91. The molecular weight excluding hydrogens is 278 g/mol. The van der Waals surface area contributed by atoms with Crippen LogP contribution < -0.4 is 10.6 Å². The van der Waals surface area contributed by atoms with Gasteiger partial charge in [0.05, 0.1) is 13.3 Å². The smallest absolute Gasteiger partial charge is 0.168 e. The van der Waals surface area contributed by atoms with Crippen molar-refractivity contribution in [3.05, 3.63) is 71.8 Å². The minimum absolute atomic E-state index is 0.330. The first-order valence-electron chi connectivity index (χ1n) is 7.17. The molecule has 0 saturated carbocycles. The van der Waals surface area contributed by atoms with Gasteiger partial charge in [-0.2, -0.15) is 0 Å². The normalized spacial score (nSPS) is 16.9. The number of benzene rings is 2. The zero-order valence-corrected chi connectivity index (χ0v) is 12.6. The minimum atomic E-state index is 0.330. The summed E-state index contributed by atoms with van der Waals surface area (Å²) in [6.07, 6.45) is 0.987. The lowest BCUT2D eigenvalue weighted by Gasteiger charge is -2.36. The molecule has 1 fully saturated rings. The van der Waals surface area contributed by atoms with Crippen LogP contribution in [-0.2, 0) is 6.42 Å². The summed E-state index contributed by atoms with van der Waals surface area (Å²) in [6.45, 7) is 1.55. The first-order valence-corrected chi connectivity index (χ1v) is 7.58. The maximum absolute atomic E-state index is 5.14. The lowest BCUT2D eigenvalue weighted by molar-refractivity contribution is 0.172. The van der Waals surface area contributed by atoms with Gasteiger partial charge in [-0.15, -0.1) is 0 Å². The first kappa shape index (κ1) is 14.0. The largest absolute Gasteiger partial charge is 0.350 e. The summed E-state index contributed by atoms with van der Waals surface area (Å²) in [5, 5.41) is 7.16. The molecule has 1 atom stereocenters. The highest BCUT2D eigenvalue weighted by Crippen LogP contribution is 2.24. The van der Waals surface area contributed by atoms with Gasteiger partial charge in [-0.1, -0.05) is 60.7 Å². The molecule has 1 saturated heterocycles. The van der Waals surface area contributed by atoms with E-state index in [1.807, 2.05) is 0 Å². The molecule has 3 rings (SSSR count). The Morgan fingerprint density at radius 3 is 2.10 bits per heavy atom. The van der Waals surface area contributed by atoms with E-state index < -0.39 is 0 Å². The van der Waals surface area contributed by atoms with Crippen LogP contribution in [0.5, 0.6) is 0 Å². The van der Waals surface area contributed by atoms with Crippen molar-refractivity contribution < 1.29 is 0 Å². The van der Waals surface area contributed by atoms with Crippen molar-refractivity contribution in [3.8, 4) is 0 Å². The van der Waals surface area contributed by atoms with Crippen molar-refractivity contribution in [2.24, 2.45) is 0 Å². The van der Waals surface area contributed by atoms with Gasteiger partial charge in [-0.25, -0.2) is 0 Å². The SMILES string of the molecule is S=C1NCN(C(Cc2ccccc2)c2ccccc2)CN1. The molecule has 2 aromatic carbocycles. The van der Waals surface area contributed by atoms with Gasteiger partial charge in [0.1, 0.15) is 0 Å². The van der Waals surface area contributed by atoms with Gasteiger partial charge in [-0.05, 0) is 29.8 Å². The van der Waals surface area contributed by atoms with Crippen molar-refractivity contribution in [3.63, 3.8) is 0 Å². The van der Waals surface area contributed by atoms with Crippen LogP contribution in [0.3, 0.4) is 0 Å². The minimum Gasteiger partial charge on any atom is -0.350 e. The van der Waals surface area contributed by atoms with Crippen LogP contribution >= 0.6 is 12.2 Å².